The third-order valence-corrected chi connectivity index (χ3v) is 5.51. The summed E-state index contributed by atoms with van der Waals surface area (Å²) >= 11 is 1.97. The van der Waals surface area contributed by atoms with Gasteiger partial charge in [-0.2, -0.15) is 0 Å². The molecule has 0 amide bonds. The zero-order valence-electron chi connectivity index (χ0n) is 5.19. The molecular weight excluding hydrogens is 180 g/mol. The van der Waals surface area contributed by atoms with E-state index in [2.05, 4.69) is 23.4 Å². The van der Waals surface area contributed by atoms with Gasteiger partial charge in [0.05, 0.1) is 0 Å². The molecule has 0 aliphatic heterocycles. The van der Waals surface area contributed by atoms with Gasteiger partial charge in [0, 0.05) is 0 Å². The normalized spacial score (nSPS) is 9.86. The molecule has 0 unspecified atom stereocenters. The standard InChI is InChI=1S/C4H10Si.BrH.Mg/c1-5(2,3)4;;/h1H,2-4H3;1H;. The first-order valence-corrected chi connectivity index (χ1v) is 6.59. The summed E-state index contributed by atoms with van der Waals surface area (Å²) in [6, 6.07) is 0. The van der Waals surface area contributed by atoms with Crippen molar-refractivity contribution in [1.82, 2.24) is 0 Å². The quantitative estimate of drug-likeness (QED) is 0.550. The van der Waals surface area contributed by atoms with Crippen molar-refractivity contribution in [1.29, 1.82) is 0 Å². The van der Waals surface area contributed by atoms with E-state index in [1.165, 1.54) is 0 Å². The fraction of sp³-hybridized carbons (Fsp3) is 0.750. The van der Waals surface area contributed by atoms with E-state index < -0.39 is 8.07 Å². The van der Waals surface area contributed by atoms with Crippen LogP contribution in [0.1, 0.15) is 0 Å². The molecule has 0 spiro atoms. The molecule has 3 heteroatoms. The predicted octanol–water partition coefficient (Wildman–Crippen LogP) is 1.41. The summed E-state index contributed by atoms with van der Waals surface area (Å²) in [6.45, 7) is 7.00. The topological polar surface area (TPSA) is 0 Å². The van der Waals surface area contributed by atoms with E-state index in [1.807, 2.05) is 21.2 Å². The van der Waals surface area contributed by atoms with Crippen molar-refractivity contribution in [2.75, 3.05) is 0 Å². The van der Waals surface area contributed by atoms with E-state index in [0.717, 1.165) is 0 Å². The van der Waals surface area contributed by atoms with Gasteiger partial charge in [0.15, 0.2) is 0 Å². The van der Waals surface area contributed by atoms with Gasteiger partial charge in [-0.3, -0.25) is 0 Å². The van der Waals surface area contributed by atoms with Crippen LogP contribution >= 0.6 is 17.0 Å². The third kappa shape index (κ3) is 11.1. The fourth-order valence-electron chi connectivity index (χ4n) is 0. The molecule has 0 nitrogen and oxygen atoms in total. The van der Waals surface area contributed by atoms with Crippen molar-refractivity contribution in [2.24, 2.45) is 0 Å². The van der Waals surface area contributed by atoms with Crippen molar-refractivity contribution in [3.63, 3.8) is 0 Å². The van der Waals surface area contributed by atoms with E-state index in [4.69, 9.17) is 0 Å². The fourth-order valence-corrected chi connectivity index (χ4v) is 0. The van der Waals surface area contributed by atoms with Crippen molar-refractivity contribution < 1.29 is 0 Å². The Kier molecular flexibility index (Phi) is 6.76. The van der Waals surface area contributed by atoms with Crippen molar-refractivity contribution >= 4 is 50.1 Å². The molecule has 0 bridgehead atoms. The summed E-state index contributed by atoms with van der Waals surface area (Å²) < 4.78 is 2.35. The molecule has 0 aromatic heterocycles. The van der Waals surface area contributed by atoms with E-state index >= 15 is 0 Å². The molecule has 0 aromatic carbocycles. The average Bonchev–Trinajstić information content (AvgIpc) is 1.35. The Morgan fingerprint density at radius 3 is 1.43 bits per heavy atom. The molecule has 0 atom stereocenters. The van der Waals surface area contributed by atoms with E-state index in [0.29, 0.717) is 0 Å². The summed E-state index contributed by atoms with van der Waals surface area (Å²) in [7, 11) is -0.744. The van der Waals surface area contributed by atoms with Crippen LogP contribution in [-0.2, 0) is 0 Å². The molecule has 0 saturated carbocycles. The van der Waals surface area contributed by atoms with Crippen LogP contribution in [-0.4, -0.2) is 33.1 Å². The summed E-state index contributed by atoms with van der Waals surface area (Å²) in [5.41, 5.74) is 0. The van der Waals surface area contributed by atoms with Gasteiger partial charge in [-0.05, 0) is 0 Å². The van der Waals surface area contributed by atoms with Crippen LogP contribution < -0.4 is 0 Å². The van der Waals surface area contributed by atoms with E-state index in [9.17, 15) is 0 Å². The number of hydrogen-bond acceptors (Lipinski definition) is 0. The molecule has 40 valence electrons. The minimum atomic E-state index is -0.744. The molecule has 0 radical (unpaired) electrons. The van der Waals surface area contributed by atoms with Gasteiger partial charge in [0.2, 0.25) is 0 Å². The maximum atomic E-state index is 2.35. The summed E-state index contributed by atoms with van der Waals surface area (Å²) in [6.07, 6.45) is 0. The first kappa shape index (κ1) is 11.2. The molecule has 0 saturated heterocycles. The second kappa shape index (κ2) is 4.24. The molecular formula is C4H11BrMgSi. The van der Waals surface area contributed by atoms with E-state index in [-0.39, 0.29) is 17.0 Å². The molecule has 0 aromatic rings. The minimum absolute atomic E-state index is 0. The number of rotatable bonds is 1. The predicted molar refractivity (Wildman–Crippen MR) is 45.5 cm³/mol. The molecule has 7 heavy (non-hydrogen) atoms. The van der Waals surface area contributed by atoms with Crippen LogP contribution in [0.25, 0.3) is 0 Å². The Morgan fingerprint density at radius 2 is 1.43 bits per heavy atom. The van der Waals surface area contributed by atoms with Crippen molar-refractivity contribution in [2.45, 2.75) is 19.6 Å². The van der Waals surface area contributed by atoms with Crippen LogP contribution in [0.2, 0.25) is 19.6 Å². The zero-order chi connectivity index (χ0) is 5.21. The first-order valence-electron chi connectivity index (χ1n) is 2.20. The Labute approximate surface area is 69.4 Å². The molecule has 0 aliphatic rings. The van der Waals surface area contributed by atoms with Gasteiger partial charge in [0.25, 0.3) is 0 Å². The van der Waals surface area contributed by atoms with Crippen LogP contribution in [0.5, 0.6) is 0 Å². The second-order valence-electron chi connectivity index (χ2n) is 2.57. The van der Waals surface area contributed by atoms with Crippen LogP contribution in [0, 0.1) is 0 Å². The number of halogens is 1. The van der Waals surface area contributed by atoms with Gasteiger partial charge in [-0.15, -0.1) is 17.0 Å². The Morgan fingerprint density at radius 1 is 1.29 bits per heavy atom. The average molecular weight is 191 g/mol. The summed E-state index contributed by atoms with van der Waals surface area (Å²) in [5, 5.41) is 0. The van der Waals surface area contributed by atoms with Crippen LogP contribution in [0.3, 0.4) is 0 Å². The van der Waals surface area contributed by atoms with Gasteiger partial charge in [-0.1, -0.05) is 0 Å². The van der Waals surface area contributed by atoms with Gasteiger partial charge < -0.3 is 0 Å². The maximum absolute atomic E-state index is 2.35. The molecule has 0 fully saturated rings. The van der Waals surface area contributed by atoms with Crippen molar-refractivity contribution in [3.05, 3.63) is 0 Å². The van der Waals surface area contributed by atoms with E-state index in [1.54, 1.807) is 0 Å². The third-order valence-electron chi connectivity index (χ3n) is 0.612. The summed E-state index contributed by atoms with van der Waals surface area (Å²) in [5.74, 6) is 0. The first-order chi connectivity index (χ1) is 2.56. The summed E-state index contributed by atoms with van der Waals surface area (Å²) in [4.78, 5) is 0. The molecule has 0 N–H and O–H groups in total. The molecule has 0 heterocycles. The van der Waals surface area contributed by atoms with Crippen LogP contribution in [0.15, 0.2) is 0 Å². The van der Waals surface area contributed by atoms with Gasteiger partial charge >= 0.3 is 52.7 Å². The Balaban J connectivity index is 0. The SMILES string of the molecule is Br.C[Si](C)(C)[CH]=[Mg]. The Hall–Kier alpha value is 1.33. The number of hydrogen-bond donors (Lipinski definition) is 0. The van der Waals surface area contributed by atoms with Gasteiger partial charge in [0.1, 0.15) is 0 Å². The zero-order valence-corrected chi connectivity index (χ0v) is 9.32. The molecule has 0 aliphatic carbocycles. The van der Waals surface area contributed by atoms with Crippen LogP contribution in [0.4, 0.5) is 0 Å². The monoisotopic (exact) mass is 190 g/mol. The second-order valence-corrected chi connectivity index (χ2v) is 8.94. The van der Waals surface area contributed by atoms with Crippen molar-refractivity contribution in [3.8, 4) is 0 Å². The van der Waals surface area contributed by atoms with Gasteiger partial charge in [-0.25, -0.2) is 0 Å². The Bertz CT molecular complexity index is 57.2. The molecule has 0 rings (SSSR count).